The van der Waals surface area contributed by atoms with Gasteiger partial charge in [0, 0.05) is 28.1 Å². The van der Waals surface area contributed by atoms with E-state index in [2.05, 4.69) is 0 Å². The molecule has 5 heteroatoms. The third-order valence-electron chi connectivity index (χ3n) is 3.65. The zero-order valence-electron chi connectivity index (χ0n) is 11.2. The van der Waals surface area contributed by atoms with Crippen LogP contribution in [0.1, 0.15) is 34.5 Å². The maximum atomic E-state index is 12.6. The number of non-ortho nitro benzene ring substituents is 1. The van der Waals surface area contributed by atoms with Gasteiger partial charge < -0.3 is 0 Å². The van der Waals surface area contributed by atoms with E-state index < -0.39 is 4.92 Å². The SMILES string of the molecule is O=C(C1=C(c2cccs2)CCC1)c1ccc([N+](=O)[O-])cc1. The Labute approximate surface area is 125 Å². The van der Waals surface area contributed by atoms with Gasteiger partial charge in [-0.25, -0.2) is 0 Å². The third-order valence-corrected chi connectivity index (χ3v) is 4.58. The number of thiophene rings is 1. The number of carbonyl (C=O) groups excluding carboxylic acids is 1. The number of nitro benzene ring substituents is 1. The second-order valence-corrected chi connectivity index (χ2v) is 5.87. The van der Waals surface area contributed by atoms with Gasteiger partial charge in [0.15, 0.2) is 5.78 Å². The van der Waals surface area contributed by atoms with E-state index in [0.717, 1.165) is 35.3 Å². The molecule has 0 saturated heterocycles. The van der Waals surface area contributed by atoms with Gasteiger partial charge in [-0.3, -0.25) is 14.9 Å². The highest BCUT2D eigenvalue weighted by molar-refractivity contribution is 7.11. The highest BCUT2D eigenvalue weighted by Gasteiger charge is 2.23. The summed E-state index contributed by atoms with van der Waals surface area (Å²) in [7, 11) is 0. The first-order chi connectivity index (χ1) is 10.2. The minimum absolute atomic E-state index is 0.00503. The molecule has 0 saturated carbocycles. The Morgan fingerprint density at radius 1 is 1.14 bits per heavy atom. The van der Waals surface area contributed by atoms with E-state index in [4.69, 9.17) is 0 Å². The molecule has 0 atom stereocenters. The zero-order chi connectivity index (χ0) is 14.8. The highest BCUT2D eigenvalue weighted by Crippen LogP contribution is 2.37. The number of carbonyl (C=O) groups is 1. The minimum atomic E-state index is -0.458. The molecule has 1 aromatic carbocycles. The van der Waals surface area contributed by atoms with Crippen LogP contribution in [0.25, 0.3) is 5.57 Å². The van der Waals surface area contributed by atoms with Crippen LogP contribution in [0.15, 0.2) is 47.4 Å². The number of nitro groups is 1. The lowest BCUT2D eigenvalue weighted by Gasteiger charge is -2.05. The lowest BCUT2D eigenvalue weighted by atomic mass is 9.99. The maximum Gasteiger partial charge on any atom is 0.269 e. The van der Waals surface area contributed by atoms with Crippen LogP contribution in [0.3, 0.4) is 0 Å². The van der Waals surface area contributed by atoms with Gasteiger partial charge in [0.25, 0.3) is 5.69 Å². The first-order valence-electron chi connectivity index (χ1n) is 6.72. The van der Waals surface area contributed by atoms with Gasteiger partial charge in [0.1, 0.15) is 0 Å². The Morgan fingerprint density at radius 2 is 1.90 bits per heavy atom. The number of allylic oxidation sites excluding steroid dienone is 2. The molecule has 0 spiro atoms. The summed E-state index contributed by atoms with van der Waals surface area (Å²) in [5, 5.41) is 12.7. The molecule has 0 aliphatic heterocycles. The van der Waals surface area contributed by atoms with Crippen molar-refractivity contribution in [3.8, 4) is 0 Å². The molecule has 1 aliphatic carbocycles. The standard InChI is InChI=1S/C16H13NO3S/c18-16(11-6-8-12(9-7-11)17(19)20)14-4-1-3-13(14)15-5-2-10-21-15/h2,5-10H,1,3-4H2. The third kappa shape index (κ3) is 2.64. The number of ketones is 1. The van der Waals surface area contributed by atoms with Crippen LogP contribution in [0.5, 0.6) is 0 Å². The van der Waals surface area contributed by atoms with Gasteiger partial charge >= 0.3 is 0 Å². The lowest BCUT2D eigenvalue weighted by Crippen LogP contribution is -2.03. The van der Waals surface area contributed by atoms with Gasteiger partial charge in [-0.15, -0.1) is 11.3 Å². The molecule has 0 bridgehead atoms. The van der Waals surface area contributed by atoms with Crippen molar-refractivity contribution in [1.82, 2.24) is 0 Å². The molecule has 0 N–H and O–H groups in total. The summed E-state index contributed by atoms with van der Waals surface area (Å²) in [6, 6.07) is 9.87. The predicted molar refractivity (Wildman–Crippen MR) is 82.5 cm³/mol. The summed E-state index contributed by atoms with van der Waals surface area (Å²) in [6.45, 7) is 0. The smallest absolute Gasteiger partial charge is 0.269 e. The zero-order valence-corrected chi connectivity index (χ0v) is 12.1. The van der Waals surface area contributed by atoms with E-state index in [1.54, 1.807) is 11.3 Å². The van der Waals surface area contributed by atoms with Crippen LogP contribution in [-0.4, -0.2) is 10.7 Å². The van der Waals surface area contributed by atoms with Crippen LogP contribution in [-0.2, 0) is 0 Å². The molecular weight excluding hydrogens is 286 g/mol. The summed E-state index contributed by atoms with van der Waals surface area (Å²) < 4.78 is 0. The van der Waals surface area contributed by atoms with Gasteiger partial charge in [-0.05, 0) is 48.4 Å². The van der Waals surface area contributed by atoms with Crippen molar-refractivity contribution >= 4 is 28.4 Å². The fraction of sp³-hybridized carbons (Fsp3) is 0.188. The van der Waals surface area contributed by atoms with Crippen molar-refractivity contribution in [3.63, 3.8) is 0 Å². The van der Waals surface area contributed by atoms with Crippen molar-refractivity contribution in [2.24, 2.45) is 0 Å². The fourth-order valence-electron chi connectivity index (χ4n) is 2.63. The van der Waals surface area contributed by atoms with E-state index in [1.165, 1.54) is 24.3 Å². The van der Waals surface area contributed by atoms with Gasteiger partial charge in [0.2, 0.25) is 0 Å². The topological polar surface area (TPSA) is 60.2 Å². The van der Waals surface area contributed by atoms with E-state index in [1.807, 2.05) is 17.5 Å². The Kier molecular flexibility index (Phi) is 3.66. The minimum Gasteiger partial charge on any atom is -0.289 e. The molecule has 3 rings (SSSR count). The van der Waals surface area contributed by atoms with Gasteiger partial charge in [-0.2, -0.15) is 0 Å². The molecule has 0 radical (unpaired) electrons. The maximum absolute atomic E-state index is 12.6. The number of Topliss-reactive ketones (excluding diaryl/α,β-unsaturated/α-hetero) is 1. The summed E-state index contributed by atoms with van der Waals surface area (Å²) in [5.41, 5.74) is 2.51. The van der Waals surface area contributed by atoms with Crippen molar-refractivity contribution in [1.29, 1.82) is 0 Å². The lowest BCUT2D eigenvalue weighted by molar-refractivity contribution is -0.384. The van der Waals surface area contributed by atoms with Crippen LogP contribution in [0.4, 0.5) is 5.69 Å². The normalized spacial score (nSPS) is 14.5. The van der Waals surface area contributed by atoms with E-state index >= 15 is 0 Å². The number of hydrogen-bond donors (Lipinski definition) is 0. The summed E-state index contributed by atoms with van der Waals surface area (Å²) in [5.74, 6) is -0.00852. The summed E-state index contributed by atoms with van der Waals surface area (Å²) in [6.07, 6.45) is 2.69. The first-order valence-corrected chi connectivity index (χ1v) is 7.60. The van der Waals surface area contributed by atoms with Gasteiger partial charge in [-0.1, -0.05) is 6.07 Å². The fourth-order valence-corrected chi connectivity index (χ4v) is 3.45. The second kappa shape index (κ2) is 5.61. The molecule has 21 heavy (non-hydrogen) atoms. The number of rotatable bonds is 4. The predicted octanol–water partition coefficient (Wildman–Crippen LogP) is 4.48. The van der Waals surface area contributed by atoms with Crippen molar-refractivity contribution in [3.05, 3.63) is 67.9 Å². The average Bonchev–Trinajstić information content (AvgIpc) is 3.17. The Hall–Kier alpha value is -2.27. The quantitative estimate of drug-likeness (QED) is 0.475. The van der Waals surface area contributed by atoms with Gasteiger partial charge in [0.05, 0.1) is 4.92 Å². The second-order valence-electron chi connectivity index (χ2n) is 4.92. The highest BCUT2D eigenvalue weighted by atomic mass is 32.1. The average molecular weight is 299 g/mol. The molecule has 0 unspecified atom stereocenters. The van der Waals surface area contributed by atoms with Crippen LogP contribution < -0.4 is 0 Å². The molecule has 1 aromatic heterocycles. The molecular formula is C16H13NO3S. The number of hydrogen-bond acceptors (Lipinski definition) is 4. The molecule has 2 aromatic rings. The largest absolute Gasteiger partial charge is 0.289 e. The van der Waals surface area contributed by atoms with Crippen molar-refractivity contribution in [2.45, 2.75) is 19.3 Å². The molecule has 1 aliphatic rings. The Balaban J connectivity index is 1.94. The molecule has 0 amide bonds. The molecule has 4 nitrogen and oxygen atoms in total. The summed E-state index contributed by atoms with van der Waals surface area (Å²) in [4.78, 5) is 24.0. The number of benzene rings is 1. The summed E-state index contributed by atoms with van der Waals surface area (Å²) >= 11 is 1.64. The van der Waals surface area contributed by atoms with E-state index in [-0.39, 0.29) is 11.5 Å². The van der Waals surface area contributed by atoms with Crippen LogP contribution >= 0.6 is 11.3 Å². The van der Waals surface area contributed by atoms with E-state index in [9.17, 15) is 14.9 Å². The monoisotopic (exact) mass is 299 g/mol. The Bertz CT molecular complexity index is 714. The molecule has 1 heterocycles. The van der Waals surface area contributed by atoms with Crippen LogP contribution in [0.2, 0.25) is 0 Å². The van der Waals surface area contributed by atoms with Crippen LogP contribution in [0, 0.1) is 10.1 Å². The van der Waals surface area contributed by atoms with Crippen molar-refractivity contribution < 1.29 is 9.72 Å². The first kappa shape index (κ1) is 13.7. The van der Waals surface area contributed by atoms with E-state index in [0.29, 0.717) is 5.56 Å². The molecule has 0 fully saturated rings. The molecule has 106 valence electrons. The Morgan fingerprint density at radius 3 is 2.52 bits per heavy atom. The van der Waals surface area contributed by atoms with Crippen molar-refractivity contribution in [2.75, 3.05) is 0 Å². The number of nitrogens with zero attached hydrogens (tertiary/aromatic N) is 1.